The van der Waals surface area contributed by atoms with Gasteiger partial charge in [0, 0.05) is 12.8 Å². The monoisotopic (exact) mass is 1350 g/mol. The van der Waals surface area contributed by atoms with Gasteiger partial charge in [0.25, 0.3) is 0 Å². The highest BCUT2D eigenvalue weighted by molar-refractivity contribution is 7.47. The minimum atomic E-state index is -4.40. The summed E-state index contributed by atoms with van der Waals surface area (Å²) in [5.41, 5.74) is 0. The van der Waals surface area contributed by atoms with E-state index < -0.39 is 26.5 Å². The predicted octanol–water partition coefficient (Wildman–Crippen LogP) is 27.2. The number of carbonyl (C=O) groups is 2. The third-order valence-corrected chi connectivity index (χ3v) is 19.2. The fourth-order valence-electron chi connectivity index (χ4n) is 12.0. The van der Waals surface area contributed by atoms with Crippen molar-refractivity contribution in [2.24, 2.45) is 0 Å². The summed E-state index contributed by atoms with van der Waals surface area (Å²) in [6.45, 7) is 4.39. The first kappa shape index (κ1) is 92.2. The molecule has 9 nitrogen and oxygen atoms in total. The van der Waals surface area contributed by atoms with Crippen LogP contribution in [0.5, 0.6) is 0 Å². The molecule has 95 heavy (non-hydrogen) atoms. The average molecular weight is 1350 g/mol. The van der Waals surface area contributed by atoms with Gasteiger partial charge in [0.15, 0.2) is 6.10 Å². The molecule has 0 saturated heterocycles. The van der Waals surface area contributed by atoms with E-state index >= 15 is 0 Å². The lowest BCUT2D eigenvalue weighted by Gasteiger charge is -2.24. The zero-order chi connectivity index (χ0) is 69.0. The molecule has 0 heterocycles. The van der Waals surface area contributed by atoms with Crippen molar-refractivity contribution in [3.63, 3.8) is 0 Å². The summed E-state index contributed by atoms with van der Waals surface area (Å²) >= 11 is 0. The van der Waals surface area contributed by atoms with Crippen LogP contribution < -0.4 is 0 Å². The van der Waals surface area contributed by atoms with Crippen molar-refractivity contribution in [2.75, 3.05) is 47.5 Å². The minimum absolute atomic E-state index is 0.0325. The number of unbranched alkanes of at least 4 members (excludes halogenated alkanes) is 48. The highest BCUT2D eigenvalue weighted by Gasteiger charge is 2.27. The number of ether oxygens (including phenoxy) is 2. The lowest BCUT2D eigenvalue weighted by Crippen LogP contribution is -2.37. The van der Waals surface area contributed by atoms with Gasteiger partial charge in [-0.2, -0.15) is 0 Å². The standard InChI is InChI=1S/C85H156NO8P/c1-6-8-10-12-14-16-18-20-22-24-26-28-30-32-34-36-38-40-41-42-43-44-45-46-48-50-52-54-56-58-60-62-64-66-68-70-72-74-76-78-85(88)94-83(82-93-95(89,90)92-80-79-86(3,4)5)81-91-84(87)77-75-73-71-69-67-65-63-61-59-57-55-53-51-49-47-39-37-35-33-31-29-27-25-23-21-19-17-15-13-11-9-7-2/h8,10,14,16,20,22,26,28,32,34,38,40,42-43,83H,6-7,9,11-13,15,17-19,21,23-25,27,29-31,33,35-37,39,41,44-82H2,1-5H3/p+1/b10-8-,16-14-,22-20-,28-26-,34-32-,40-38-,43-42-. The number of hydrogen-bond acceptors (Lipinski definition) is 7. The molecular weight excluding hydrogens is 1190 g/mol. The van der Waals surface area contributed by atoms with Crippen LogP contribution in [0.3, 0.4) is 0 Å². The van der Waals surface area contributed by atoms with Gasteiger partial charge in [-0.1, -0.05) is 394 Å². The molecule has 1 N–H and O–H groups in total. The van der Waals surface area contributed by atoms with Gasteiger partial charge in [0.1, 0.15) is 19.8 Å². The lowest BCUT2D eigenvalue weighted by atomic mass is 10.0. The first-order valence-electron chi connectivity index (χ1n) is 40.8. The molecule has 0 amide bonds. The minimum Gasteiger partial charge on any atom is -0.462 e. The molecule has 0 saturated carbocycles. The summed E-state index contributed by atoms with van der Waals surface area (Å²) in [6.07, 6.45) is 105. The van der Waals surface area contributed by atoms with Gasteiger partial charge in [-0.25, -0.2) is 4.57 Å². The zero-order valence-electron chi connectivity index (χ0n) is 63.4. The van der Waals surface area contributed by atoms with Gasteiger partial charge in [-0.3, -0.25) is 18.6 Å². The summed E-state index contributed by atoms with van der Waals surface area (Å²) in [5.74, 6) is -0.777. The van der Waals surface area contributed by atoms with Gasteiger partial charge in [-0.05, 0) is 70.6 Å². The molecular formula is C85H157NO8P+. The molecule has 10 heteroatoms. The Bertz CT molecular complexity index is 1880. The van der Waals surface area contributed by atoms with Crippen LogP contribution in [0.4, 0.5) is 0 Å². The maximum atomic E-state index is 12.9. The fraction of sp³-hybridized carbons (Fsp3) is 0.812. The lowest BCUT2D eigenvalue weighted by molar-refractivity contribution is -0.870. The number of nitrogens with zero attached hydrogens (tertiary/aromatic N) is 1. The zero-order valence-corrected chi connectivity index (χ0v) is 64.3. The normalized spacial score (nSPS) is 13.5. The number of likely N-dealkylation sites (N-methyl/N-ethyl adjacent to an activating group) is 1. The smallest absolute Gasteiger partial charge is 0.462 e. The van der Waals surface area contributed by atoms with Crippen LogP contribution in [0.25, 0.3) is 0 Å². The highest BCUT2D eigenvalue weighted by Crippen LogP contribution is 2.43. The Balaban J connectivity index is 3.93. The van der Waals surface area contributed by atoms with E-state index in [0.29, 0.717) is 23.9 Å². The average Bonchev–Trinajstić information content (AvgIpc) is 2.18. The van der Waals surface area contributed by atoms with E-state index in [2.05, 4.69) is 98.9 Å². The van der Waals surface area contributed by atoms with Gasteiger partial charge >= 0.3 is 19.8 Å². The third kappa shape index (κ3) is 80.1. The highest BCUT2D eigenvalue weighted by atomic mass is 31.2. The quantitative estimate of drug-likeness (QED) is 0.0211. The molecule has 0 radical (unpaired) electrons. The van der Waals surface area contributed by atoms with E-state index in [9.17, 15) is 19.0 Å². The Labute approximate surface area is 590 Å². The predicted molar refractivity (Wildman–Crippen MR) is 413 cm³/mol. The number of phosphoric acid groups is 1. The molecule has 0 rings (SSSR count). The van der Waals surface area contributed by atoms with Crippen LogP contribution in [0.1, 0.15) is 393 Å². The molecule has 0 aromatic carbocycles. The number of allylic oxidation sites excluding steroid dienone is 14. The van der Waals surface area contributed by atoms with Crippen molar-refractivity contribution in [3.05, 3.63) is 85.1 Å². The molecule has 0 aromatic rings. The van der Waals surface area contributed by atoms with Crippen molar-refractivity contribution >= 4 is 19.8 Å². The molecule has 0 aliphatic rings. The second-order valence-corrected chi connectivity index (χ2v) is 30.2. The van der Waals surface area contributed by atoms with Crippen molar-refractivity contribution < 1.29 is 42.1 Å². The van der Waals surface area contributed by atoms with E-state index in [0.717, 1.165) is 77.0 Å². The van der Waals surface area contributed by atoms with Gasteiger partial charge in [0.2, 0.25) is 0 Å². The number of rotatable bonds is 76. The summed E-state index contributed by atoms with van der Waals surface area (Å²) in [7, 11) is 1.49. The molecule has 0 fully saturated rings. The van der Waals surface area contributed by atoms with Crippen molar-refractivity contribution in [1.82, 2.24) is 0 Å². The Morgan fingerprint density at radius 2 is 0.600 bits per heavy atom. The van der Waals surface area contributed by atoms with Crippen molar-refractivity contribution in [3.8, 4) is 0 Å². The first-order valence-corrected chi connectivity index (χ1v) is 42.3. The van der Waals surface area contributed by atoms with Gasteiger partial charge in [-0.15, -0.1) is 0 Å². The van der Waals surface area contributed by atoms with Crippen molar-refractivity contribution in [2.45, 2.75) is 399 Å². The van der Waals surface area contributed by atoms with E-state index in [1.54, 1.807) is 0 Å². The number of hydrogen-bond donors (Lipinski definition) is 1. The molecule has 2 unspecified atom stereocenters. The molecule has 0 bridgehead atoms. The second-order valence-electron chi connectivity index (χ2n) is 28.8. The Hall–Kier alpha value is -2.81. The molecule has 0 aliphatic heterocycles. The van der Waals surface area contributed by atoms with E-state index in [4.69, 9.17) is 18.5 Å². The molecule has 0 spiro atoms. The molecule has 554 valence electrons. The van der Waals surface area contributed by atoms with Crippen LogP contribution in [0.15, 0.2) is 85.1 Å². The van der Waals surface area contributed by atoms with E-state index in [1.807, 2.05) is 21.1 Å². The summed E-state index contributed by atoms with van der Waals surface area (Å²) in [4.78, 5) is 36.0. The maximum absolute atomic E-state index is 12.9. The Morgan fingerprint density at radius 3 is 0.895 bits per heavy atom. The number of quaternary nitrogens is 1. The van der Waals surface area contributed by atoms with Crippen LogP contribution in [-0.2, 0) is 32.7 Å². The number of carbonyl (C=O) groups excluding carboxylic acids is 2. The maximum Gasteiger partial charge on any atom is 0.472 e. The van der Waals surface area contributed by atoms with Gasteiger partial charge in [0.05, 0.1) is 27.7 Å². The fourth-order valence-corrected chi connectivity index (χ4v) is 12.7. The second kappa shape index (κ2) is 75.4. The van der Waals surface area contributed by atoms with Crippen LogP contribution >= 0.6 is 7.82 Å². The Morgan fingerprint density at radius 1 is 0.337 bits per heavy atom. The topological polar surface area (TPSA) is 108 Å². The third-order valence-electron chi connectivity index (χ3n) is 18.2. The Kier molecular flexibility index (Phi) is 73.2. The summed E-state index contributed by atoms with van der Waals surface area (Å²) < 4.78 is 34.8. The van der Waals surface area contributed by atoms with Crippen molar-refractivity contribution in [1.29, 1.82) is 0 Å². The largest absolute Gasteiger partial charge is 0.472 e. The molecule has 0 aromatic heterocycles. The first-order chi connectivity index (χ1) is 46.5. The van der Waals surface area contributed by atoms with Crippen LogP contribution in [0, 0.1) is 0 Å². The number of phosphoric ester groups is 1. The SMILES string of the molecule is CC/C=C\C/C=C\C/C=C\C/C=C\C/C=C\C/C=C\C/C=C\CCCCCCCCCCCCCCCCCCCC(=O)OC(COC(=O)CCCCCCCCCCCCCCCCCCCCCCCCCCCCCCCCCC)COP(=O)(O)OCC[N+](C)(C)C. The van der Waals surface area contributed by atoms with Crippen LogP contribution in [-0.4, -0.2) is 74.9 Å². The van der Waals surface area contributed by atoms with Gasteiger partial charge < -0.3 is 18.9 Å². The summed E-state index contributed by atoms with van der Waals surface area (Å²) in [6, 6.07) is 0. The van der Waals surface area contributed by atoms with E-state index in [1.165, 1.54) is 283 Å². The van der Waals surface area contributed by atoms with E-state index in [-0.39, 0.29) is 25.6 Å². The summed E-state index contributed by atoms with van der Waals surface area (Å²) in [5, 5.41) is 0. The molecule has 2 atom stereocenters. The molecule has 0 aliphatic carbocycles. The van der Waals surface area contributed by atoms with Crippen LogP contribution in [0.2, 0.25) is 0 Å². The number of esters is 2.